The number of esters is 1. The molecule has 0 heterocycles. The molecule has 0 atom stereocenters. The highest BCUT2D eigenvalue weighted by Crippen LogP contribution is 2.24. The van der Waals surface area contributed by atoms with Crippen molar-refractivity contribution in [2.75, 3.05) is 0 Å². The molecule has 0 spiro atoms. The van der Waals surface area contributed by atoms with Gasteiger partial charge in [-0.25, -0.2) is 9.59 Å². The second-order valence-electron chi connectivity index (χ2n) is 3.97. The molecule has 0 saturated carbocycles. The van der Waals surface area contributed by atoms with E-state index in [-0.39, 0.29) is 5.56 Å². The standard InChI is InChI=1S/C14H7I3O4/c15-8-5-10(12(17)11(16)6-8)14(20)21-9-3-1-7(2-4-9)13(18)19/h1-6H,(H,18,19). The normalized spacial score (nSPS) is 10.2. The number of carbonyl (C=O) groups excluding carboxylic acids is 1. The maximum Gasteiger partial charge on any atom is 0.344 e. The first-order valence-corrected chi connectivity index (χ1v) is 8.82. The molecule has 0 aromatic heterocycles. The summed E-state index contributed by atoms with van der Waals surface area (Å²) in [4.78, 5) is 23.0. The van der Waals surface area contributed by atoms with Crippen LogP contribution in [-0.4, -0.2) is 17.0 Å². The number of aromatic carboxylic acids is 1. The van der Waals surface area contributed by atoms with Crippen LogP contribution in [0.2, 0.25) is 0 Å². The Hall–Kier alpha value is -0.430. The minimum Gasteiger partial charge on any atom is -0.478 e. The fraction of sp³-hybridized carbons (Fsp3) is 0. The van der Waals surface area contributed by atoms with Crippen molar-refractivity contribution in [1.29, 1.82) is 0 Å². The highest BCUT2D eigenvalue weighted by atomic mass is 127. The van der Waals surface area contributed by atoms with Crippen molar-refractivity contribution < 1.29 is 19.4 Å². The second kappa shape index (κ2) is 7.22. The molecule has 0 unspecified atom stereocenters. The van der Waals surface area contributed by atoms with E-state index in [4.69, 9.17) is 9.84 Å². The molecular weight excluding hydrogens is 613 g/mol. The summed E-state index contributed by atoms with van der Waals surface area (Å²) in [6.07, 6.45) is 0. The first-order chi connectivity index (χ1) is 9.88. The Bertz CT molecular complexity index is 711. The molecule has 0 aliphatic rings. The van der Waals surface area contributed by atoms with Gasteiger partial charge in [0.1, 0.15) is 5.75 Å². The van der Waals surface area contributed by atoms with Gasteiger partial charge < -0.3 is 9.84 Å². The second-order valence-corrected chi connectivity index (χ2v) is 7.45. The molecule has 21 heavy (non-hydrogen) atoms. The predicted molar refractivity (Wildman–Crippen MR) is 103 cm³/mol. The molecule has 2 rings (SSSR count). The lowest BCUT2D eigenvalue weighted by molar-refractivity contribution is 0.0696. The van der Waals surface area contributed by atoms with E-state index >= 15 is 0 Å². The Balaban J connectivity index is 2.24. The van der Waals surface area contributed by atoms with Crippen LogP contribution in [0.5, 0.6) is 5.75 Å². The third kappa shape index (κ3) is 4.28. The van der Waals surface area contributed by atoms with Gasteiger partial charge in [-0.05, 0) is 104 Å². The number of carboxylic acids is 1. The molecule has 7 heteroatoms. The van der Waals surface area contributed by atoms with Gasteiger partial charge in [-0.15, -0.1) is 0 Å². The Morgan fingerprint density at radius 1 is 1.00 bits per heavy atom. The maximum absolute atomic E-state index is 12.2. The van der Waals surface area contributed by atoms with E-state index in [0.29, 0.717) is 11.3 Å². The van der Waals surface area contributed by atoms with E-state index in [1.807, 2.05) is 6.07 Å². The topological polar surface area (TPSA) is 63.6 Å². The summed E-state index contributed by atoms with van der Waals surface area (Å²) in [5, 5.41) is 8.82. The molecular formula is C14H7I3O4. The van der Waals surface area contributed by atoms with Gasteiger partial charge in [0.2, 0.25) is 0 Å². The van der Waals surface area contributed by atoms with Gasteiger partial charge in [-0.2, -0.15) is 0 Å². The molecule has 0 aliphatic heterocycles. The minimum atomic E-state index is -1.02. The van der Waals surface area contributed by atoms with E-state index < -0.39 is 11.9 Å². The molecule has 2 aromatic carbocycles. The lowest BCUT2D eigenvalue weighted by Gasteiger charge is -2.08. The van der Waals surface area contributed by atoms with Gasteiger partial charge in [0, 0.05) is 10.7 Å². The smallest absolute Gasteiger partial charge is 0.344 e. The number of hydrogen-bond donors (Lipinski definition) is 1. The molecule has 108 valence electrons. The van der Waals surface area contributed by atoms with Gasteiger partial charge in [0.25, 0.3) is 0 Å². The predicted octanol–water partition coefficient (Wildman–Crippen LogP) is 4.42. The number of carboxylic acid groups (broad SMARTS) is 1. The molecule has 0 bridgehead atoms. The fourth-order valence-corrected chi connectivity index (χ4v) is 3.91. The molecule has 4 nitrogen and oxygen atoms in total. The number of rotatable bonds is 3. The number of carbonyl (C=O) groups is 2. The summed E-state index contributed by atoms with van der Waals surface area (Å²) in [6.45, 7) is 0. The number of hydrogen-bond acceptors (Lipinski definition) is 3. The zero-order valence-corrected chi connectivity index (χ0v) is 16.7. The van der Waals surface area contributed by atoms with Gasteiger partial charge in [0.05, 0.1) is 11.1 Å². The molecule has 0 fully saturated rings. The average molecular weight is 620 g/mol. The Labute approximate surface area is 161 Å². The SMILES string of the molecule is O=C(O)c1ccc(OC(=O)c2cc(I)cc(I)c2I)cc1. The van der Waals surface area contributed by atoms with Crippen LogP contribution in [0.15, 0.2) is 36.4 Å². The van der Waals surface area contributed by atoms with Crippen LogP contribution in [0.1, 0.15) is 20.7 Å². The Morgan fingerprint density at radius 3 is 2.19 bits per heavy atom. The first kappa shape index (κ1) is 16.9. The highest BCUT2D eigenvalue weighted by molar-refractivity contribution is 14.1. The quantitative estimate of drug-likeness (QED) is 0.239. The lowest BCUT2D eigenvalue weighted by atomic mass is 10.2. The minimum absolute atomic E-state index is 0.146. The van der Waals surface area contributed by atoms with Gasteiger partial charge in [-0.3, -0.25) is 0 Å². The zero-order valence-electron chi connectivity index (χ0n) is 10.3. The molecule has 2 aromatic rings. The van der Waals surface area contributed by atoms with E-state index in [0.717, 1.165) is 10.7 Å². The summed E-state index contributed by atoms with van der Waals surface area (Å²) in [7, 11) is 0. The van der Waals surface area contributed by atoms with Crippen molar-refractivity contribution >= 4 is 79.7 Å². The monoisotopic (exact) mass is 620 g/mol. The largest absolute Gasteiger partial charge is 0.478 e. The van der Waals surface area contributed by atoms with Crippen LogP contribution in [0.25, 0.3) is 0 Å². The van der Waals surface area contributed by atoms with Crippen LogP contribution in [0, 0.1) is 10.7 Å². The van der Waals surface area contributed by atoms with Crippen molar-refractivity contribution in [3.63, 3.8) is 0 Å². The van der Waals surface area contributed by atoms with Crippen molar-refractivity contribution in [2.45, 2.75) is 0 Å². The Kier molecular flexibility index (Phi) is 5.82. The van der Waals surface area contributed by atoms with Gasteiger partial charge in [0.15, 0.2) is 0 Å². The highest BCUT2D eigenvalue weighted by Gasteiger charge is 2.16. The van der Waals surface area contributed by atoms with Crippen LogP contribution in [0.4, 0.5) is 0 Å². The summed E-state index contributed by atoms with van der Waals surface area (Å²) in [6, 6.07) is 9.46. The number of ether oxygens (including phenoxy) is 1. The van der Waals surface area contributed by atoms with E-state index in [9.17, 15) is 9.59 Å². The molecule has 0 radical (unpaired) electrons. The van der Waals surface area contributed by atoms with E-state index in [1.165, 1.54) is 24.3 Å². The van der Waals surface area contributed by atoms with Crippen LogP contribution in [-0.2, 0) is 0 Å². The molecule has 1 N–H and O–H groups in total. The number of benzene rings is 2. The van der Waals surface area contributed by atoms with Crippen molar-refractivity contribution in [3.05, 3.63) is 58.2 Å². The number of halogens is 3. The van der Waals surface area contributed by atoms with Gasteiger partial charge >= 0.3 is 11.9 Å². The zero-order chi connectivity index (χ0) is 15.6. The molecule has 0 aliphatic carbocycles. The van der Waals surface area contributed by atoms with Crippen molar-refractivity contribution in [3.8, 4) is 5.75 Å². The van der Waals surface area contributed by atoms with Crippen molar-refractivity contribution in [2.24, 2.45) is 0 Å². The summed E-state index contributed by atoms with van der Waals surface area (Å²) >= 11 is 6.41. The van der Waals surface area contributed by atoms with Crippen LogP contribution in [0.3, 0.4) is 0 Å². The first-order valence-electron chi connectivity index (χ1n) is 5.58. The third-order valence-electron chi connectivity index (χ3n) is 2.52. The summed E-state index contributed by atoms with van der Waals surface area (Å²) < 4.78 is 8.05. The molecule has 0 saturated heterocycles. The average Bonchev–Trinajstić information content (AvgIpc) is 2.43. The van der Waals surface area contributed by atoms with Crippen LogP contribution < -0.4 is 4.74 Å². The van der Waals surface area contributed by atoms with Crippen LogP contribution >= 0.6 is 67.8 Å². The van der Waals surface area contributed by atoms with E-state index in [1.54, 1.807) is 6.07 Å². The molecule has 0 amide bonds. The third-order valence-corrected chi connectivity index (χ3v) is 6.19. The Morgan fingerprint density at radius 2 is 1.62 bits per heavy atom. The maximum atomic E-state index is 12.2. The van der Waals surface area contributed by atoms with E-state index in [2.05, 4.69) is 67.8 Å². The fourth-order valence-electron chi connectivity index (χ4n) is 1.53. The van der Waals surface area contributed by atoms with Gasteiger partial charge in [-0.1, -0.05) is 0 Å². The lowest BCUT2D eigenvalue weighted by Crippen LogP contribution is -2.11. The summed E-state index contributed by atoms with van der Waals surface area (Å²) in [5.41, 5.74) is 0.641. The summed E-state index contributed by atoms with van der Waals surface area (Å²) in [5.74, 6) is -1.16. The van der Waals surface area contributed by atoms with Crippen molar-refractivity contribution in [1.82, 2.24) is 0 Å².